The van der Waals surface area contributed by atoms with E-state index in [1.165, 1.54) is 11.1 Å². The Kier molecular flexibility index (Phi) is 6.75. The number of nitrogens with one attached hydrogen (secondary N) is 1. The Bertz CT molecular complexity index is 335. The number of benzene rings is 1. The predicted octanol–water partition coefficient (Wildman–Crippen LogP) is 3.88. The van der Waals surface area contributed by atoms with E-state index in [1.54, 1.807) is 6.08 Å². The number of halogens is 1. The Hall–Kier alpha value is -0.990. The van der Waals surface area contributed by atoms with Crippen molar-refractivity contribution in [2.45, 2.75) is 26.3 Å². The molecule has 0 saturated carbocycles. The number of hydrogen-bond acceptors (Lipinski definition) is 2. The molecular formula is C14H20ClNO. The molecule has 1 rings (SSSR count). The molecule has 1 atom stereocenters. The van der Waals surface area contributed by atoms with Gasteiger partial charge in [-0.25, -0.2) is 0 Å². The van der Waals surface area contributed by atoms with E-state index in [1.807, 2.05) is 12.1 Å². The zero-order chi connectivity index (χ0) is 12.5. The second kappa shape index (κ2) is 8.15. The van der Waals surface area contributed by atoms with Crippen molar-refractivity contribution in [3.05, 3.63) is 41.4 Å². The van der Waals surface area contributed by atoms with Crippen LogP contribution in [0.2, 0.25) is 0 Å². The highest BCUT2D eigenvalue weighted by molar-refractivity contribution is 6.25. The van der Waals surface area contributed by atoms with Crippen LogP contribution in [0, 0.1) is 0 Å². The van der Waals surface area contributed by atoms with Gasteiger partial charge in [-0.15, -0.1) is 0 Å². The molecular weight excluding hydrogens is 234 g/mol. The van der Waals surface area contributed by atoms with Gasteiger partial charge < -0.3 is 10.1 Å². The largest absolute Gasteiger partial charge is 0.490 e. The van der Waals surface area contributed by atoms with Gasteiger partial charge >= 0.3 is 0 Å². The SMILES string of the molecule is CCNC(CC)c1ccc(OC/C=C/Cl)cc1. The maximum atomic E-state index is 5.48. The third-order valence-electron chi connectivity index (χ3n) is 2.58. The van der Waals surface area contributed by atoms with Gasteiger partial charge in [-0.1, -0.05) is 37.6 Å². The number of hydrogen-bond donors (Lipinski definition) is 1. The lowest BCUT2D eigenvalue weighted by Gasteiger charge is -2.16. The summed E-state index contributed by atoms with van der Waals surface area (Å²) in [6, 6.07) is 8.64. The highest BCUT2D eigenvalue weighted by atomic mass is 35.5. The molecule has 0 aliphatic rings. The second-order valence-electron chi connectivity index (χ2n) is 3.76. The van der Waals surface area contributed by atoms with Crippen molar-refractivity contribution in [3.8, 4) is 5.75 Å². The monoisotopic (exact) mass is 253 g/mol. The summed E-state index contributed by atoms with van der Waals surface area (Å²) in [6.07, 6.45) is 2.85. The summed E-state index contributed by atoms with van der Waals surface area (Å²) in [5.74, 6) is 0.870. The highest BCUT2D eigenvalue weighted by Crippen LogP contribution is 2.20. The molecule has 0 spiro atoms. The fourth-order valence-corrected chi connectivity index (χ4v) is 1.79. The Balaban J connectivity index is 2.59. The van der Waals surface area contributed by atoms with Crippen molar-refractivity contribution in [1.29, 1.82) is 0 Å². The molecule has 1 unspecified atom stereocenters. The fourth-order valence-electron chi connectivity index (χ4n) is 1.72. The molecule has 0 aliphatic carbocycles. The molecule has 0 heterocycles. The summed E-state index contributed by atoms with van der Waals surface area (Å²) in [7, 11) is 0. The lowest BCUT2D eigenvalue weighted by atomic mass is 10.0. The van der Waals surface area contributed by atoms with Crippen LogP contribution in [0.1, 0.15) is 31.9 Å². The van der Waals surface area contributed by atoms with Crippen molar-refractivity contribution in [1.82, 2.24) is 5.32 Å². The van der Waals surface area contributed by atoms with Crippen LogP contribution in [0.3, 0.4) is 0 Å². The first-order valence-corrected chi connectivity index (χ1v) is 6.46. The third kappa shape index (κ3) is 4.80. The highest BCUT2D eigenvalue weighted by Gasteiger charge is 2.06. The Morgan fingerprint density at radius 1 is 1.29 bits per heavy atom. The van der Waals surface area contributed by atoms with Gasteiger partial charge in [0, 0.05) is 11.6 Å². The van der Waals surface area contributed by atoms with Gasteiger partial charge in [-0.05, 0) is 36.7 Å². The zero-order valence-electron chi connectivity index (χ0n) is 10.4. The minimum absolute atomic E-state index is 0.428. The Morgan fingerprint density at radius 2 is 2.00 bits per heavy atom. The predicted molar refractivity (Wildman–Crippen MR) is 73.6 cm³/mol. The van der Waals surface area contributed by atoms with E-state index in [9.17, 15) is 0 Å². The van der Waals surface area contributed by atoms with E-state index >= 15 is 0 Å². The minimum atomic E-state index is 0.428. The summed E-state index contributed by atoms with van der Waals surface area (Å²) >= 11 is 5.42. The summed E-state index contributed by atoms with van der Waals surface area (Å²) in [4.78, 5) is 0. The van der Waals surface area contributed by atoms with Crippen LogP contribution >= 0.6 is 11.6 Å². The summed E-state index contributed by atoms with van der Waals surface area (Å²) in [5.41, 5.74) is 2.77. The average Bonchev–Trinajstić information content (AvgIpc) is 2.37. The first kappa shape index (κ1) is 14.1. The van der Waals surface area contributed by atoms with E-state index in [-0.39, 0.29) is 0 Å². The maximum absolute atomic E-state index is 5.48. The fraction of sp³-hybridized carbons (Fsp3) is 0.429. The maximum Gasteiger partial charge on any atom is 0.119 e. The van der Waals surface area contributed by atoms with Crippen molar-refractivity contribution in [2.75, 3.05) is 13.2 Å². The molecule has 17 heavy (non-hydrogen) atoms. The molecule has 0 aliphatic heterocycles. The van der Waals surface area contributed by atoms with E-state index in [0.29, 0.717) is 12.6 Å². The van der Waals surface area contributed by atoms with Gasteiger partial charge in [0.25, 0.3) is 0 Å². The Labute approximate surface area is 109 Å². The average molecular weight is 254 g/mol. The van der Waals surface area contributed by atoms with Crippen LogP contribution in [0.15, 0.2) is 35.9 Å². The topological polar surface area (TPSA) is 21.3 Å². The quantitative estimate of drug-likeness (QED) is 0.796. The lowest BCUT2D eigenvalue weighted by Crippen LogP contribution is -2.19. The van der Waals surface area contributed by atoms with Crippen LogP contribution in [0.5, 0.6) is 5.75 Å². The van der Waals surface area contributed by atoms with Crippen LogP contribution in [-0.4, -0.2) is 13.2 Å². The van der Waals surface area contributed by atoms with Gasteiger partial charge in [0.05, 0.1) is 0 Å². The zero-order valence-corrected chi connectivity index (χ0v) is 11.2. The first-order valence-electron chi connectivity index (χ1n) is 6.03. The van der Waals surface area contributed by atoms with Gasteiger partial charge in [0.2, 0.25) is 0 Å². The molecule has 0 saturated heterocycles. The second-order valence-corrected chi connectivity index (χ2v) is 4.01. The molecule has 1 aromatic rings. The van der Waals surface area contributed by atoms with E-state index in [4.69, 9.17) is 16.3 Å². The molecule has 1 N–H and O–H groups in total. The molecule has 2 nitrogen and oxygen atoms in total. The van der Waals surface area contributed by atoms with E-state index < -0.39 is 0 Å². The van der Waals surface area contributed by atoms with E-state index in [0.717, 1.165) is 18.7 Å². The van der Waals surface area contributed by atoms with Gasteiger partial charge in [0.1, 0.15) is 12.4 Å². The number of ether oxygens (including phenoxy) is 1. The van der Waals surface area contributed by atoms with Crippen molar-refractivity contribution < 1.29 is 4.74 Å². The molecule has 0 aromatic heterocycles. The van der Waals surface area contributed by atoms with Crippen LogP contribution in [-0.2, 0) is 0 Å². The van der Waals surface area contributed by atoms with Gasteiger partial charge in [0.15, 0.2) is 0 Å². The van der Waals surface area contributed by atoms with Crippen molar-refractivity contribution >= 4 is 11.6 Å². The number of rotatable bonds is 7. The molecule has 0 radical (unpaired) electrons. The van der Waals surface area contributed by atoms with Crippen LogP contribution in [0.4, 0.5) is 0 Å². The lowest BCUT2D eigenvalue weighted by molar-refractivity contribution is 0.362. The molecule has 94 valence electrons. The molecule has 1 aromatic carbocycles. The van der Waals surface area contributed by atoms with Crippen molar-refractivity contribution in [3.63, 3.8) is 0 Å². The minimum Gasteiger partial charge on any atom is -0.490 e. The Morgan fingerprint density at radius 3 is 2.53 bits per heavy atom. The smallest absolute Gasteiger partial charge is 0.119 e. The summed E-state index contributed by atoms with van der Waals surface area (Å²) < 4.78 is 5.48. The standard InChI is InChI=1S/C14H20ClNO/c1-3-14(16-4-2)12-6-8-13(9-7-12)17-11-5-10-15/h5-10,14,16H,3-4,11H2,1-2H3/b10-5+. The molecule has 3 heteroatoms. The first-order chi connectivity index (χ1) is 8.31. The molecule has 0 amide bonds. The summed E-state index contributed by atoms with van der Waals surface area (Å²) in [6.45, 7) is 5.80. The van der Waals surface area contributed by atoms with Gasteiger partial charge in [-0.2, -0.15) is 0 Å². The third-order valence-corrected chi connectivity index (χ3v) is 2.75. The molecule has 0 bridgehead atoms. The van der Waals surface area contributed by atoms with Crippen molar-refractivity contribution in [2.24, 2.45) is 0 Å². The van der Waals surface area contributed by atoms with Crippen LogP contribution < -0.4 is 10.1 Å². The molecule has 0 fully saturated rings. The van der Waals surface area contributed by atoms with E-state index in [2.05, 4.69) is 31.3 Å². The van der Waals surface area contributed by atoms with Crippen LogP contribution in [0.25, 0.3) is 0 Å². The van der Waals surface area contributed by atoms with Gasteiger partial charge in [-0.3, -0.25) is 0 Å². The normalized spacial score (nSPS) is 12.9. The summed E-state index contributed by atoms with van der Waals surface area (Å²) in [5, 5.41) is 3.45.